The van der Waals surface area contributed by atoms with Crippen molar-refractivity contribution in [3.63, 3.8) is 0 Å². The van der Waals surface area contributed by atoms with E-state index in [-0.39, 0.29) is 23.8 Å². The van der Waals surface area contributed by atoms with E-state index in [1.165, 1.54) is 51.4 Å². The first-order valence-corrected chi connectivity index (χ1v) is 11.4. The Morgan fingerprint density at radius 2 is 1.74 bits per heavy atom. The molecule has 2 N–H and O–H groups in total. The van der Waals surface area contributed by atoms with Gasteiger partial charge in [0.05, 0.1) is 14.0 Å². The molecule has 2 radical (unpaired) electrons. The van der Waals surface area contributed by atoms with E-state index in [0.717, 1.165) is 12.8 Å². The molecule has 27 heavy (non-hydrogen) atoms. The minimum atomic E-state index is -0.677. The third-order valence-electron chi connectivity index (χ3n) is 9.90. The van der Waals surface area contributed by atoms with Crippen LogP contribution < -0.4 is 0 Å². The summed E-state index contributed by atoms with van der Waals surface area (Å²) in [6.07, 6.45) is 11.7. The van der Waals surface area contributed by atoms with E-state index < -0.39 is 5.97 Å². The normalized spacial score (nSPS) is 51.9. The molecule has 4 fully saturated rings. The molecule has 0 aromatic rings. The van der Waals surface area contributed by atoms with Crippen molar-refractivity contribution in [1.82, 2.24) is 0 Å². The Balaban J connectivity index is 1.57. The zero-order chi connectivity index (χ0) is 19.4. The molecule has 0 amide bonds. The first-order chi connectivity index (χ1) is 12.8. The van der Waals surface area contributed by atoms with Crippen LogP contribution in [0.25, 0.3) is 0 Å². The molecule has 3 nitrogen and oxygen atoms in total. The van der Waals surface area contributed by atoms with Crippen molar-refractivity contribution in [1.29, 1.82) is 0 Å². The van der Waals surface area contributed by atoms with Gasteiger partial charge < -0.3 is 10.2 Å². The topological polar surface area (TPSA) is 57.5 Å². The lowest BCUT2D eigenvalue weighted by molar-refractivity contribution is -0.161. The van der Waals surface area contributed by atoms with E-state index in [1.54, 1.807) is 0 Å². The van der Waals surface area contributed by atoms with E-state index in [2.05, 4.69) is 13.8 Å². The number of rotatable bonds is 4. The van der Waals surface area contributed by atoms with E-state index in [1.807, 2.05) is 0 Å². The van der Waals surface area contributed by atoms with Crippen molar-refractivity contribution < 1.29 is 15.0 Å². The van der Waals surface area contributed by atoms with Crippen LogP contribution in [0.4, 0.5) is 0 Å². The van der Waals surface area contributed by atoms with E-state index in [4.69, 9.17) is 13.0 Å². The summed E-state index contributed by atoms with van der Waals surface area (Å²) < 4.78 is 0. The summed E-state index contributed by atoms with van der Waals surface area (Å²) in [4.78, 5) is 10.9. The van der Waals surface area contributed by atoms with Crippen molar-refractivity contribution in [3.05, 3.63) is 0 Å². The van der Waals surface area contributed by atoms with Gasteiger partial charge in [0.2, 0.25) is 0 Å². The third-order valence-corrected chi connectivity index (χ3v) is 9.90. The molecule has 150 valence electrons. The largest absolute Gasteiger partial charge is 0.481 e. The van der Waals surface area contributed by atoms with Gasteiger partial charge in [0.25, 0.3) is 0 Å². The van der Waals surface area contributed by atoms with Crippen molar-refractivity contribution in [2.75, 3.05) is 0 Å². The second kappa shape index (κ2) is 7.08. The summed E-state index contributed by atoms with van der Waals surface area (Å²) in [5.74, 6) is 1.89. The highest BCUT2D eigenvalue weighted by atomic mass is 16.4. The number of carbonyl (C=O) groups is 1. The van der Waals surface area contributed by atoms with Gasteiger partial charge in [0, 0.05) is 6.42 Å². The molecule has 9 atom stereocenters. The zero-order valence-corrected chi connectivity index (χ0v) is 17.2. The van der Waals surface area contributed by atoms with Crippen LogP contribution in [0.3, 0.4) is 0 Å². The number of hydrogen-bond acceptors (Lipinski definition) is 2. The highest BCUT2D eigenvalue weighted by molar-refractivity contribution is 6.12. The van der Waals surface area contributed by atoms with Crippen molar-refractivity contribution in [2.24, 2.45) is 40.4 Å². The molecule has 4 aliphatic carbocycles. The fraction of sp³-hybridized carbons (Fsp3) is 0.957. The summed E-state index contributed by atoms with van der Waals surface area (Å²) in [5.41, 5.74) is 0.572. The molecule has 0 aromatic heterocycles. The van der Waals surface area contributed by atoms with Gasteiger partial charge in [-0.1, -0.05) is 33.1 Å². The Morgan fingerprint density at radius 1 is 1.00 bits per heavy atom. The standard InChI is InChI=1S/C23H37BO3/c1-22-13-11-16-19(15(22)10-9-14(22)6-5-8-18(25)26)21(27)20(24)17-7-3-4-12-23(16,17)2/h14-17,19-21,27H,3-13H2,1-2H3,(H,25,26)/t14?,15?,16?,17?,19?,20-,21?,22?,23?/m0/s1. The first-order valence-electron chi connectivity index (χ1n) is 11.4. The maximum Gasteiger partial charge on any atom is 0.303 e. The van der Waals surface area contributed by atoms with Crippen molar-refractivity contribution in [2.45, 2.75) is 96.4 Å². The summed E-state index contributed by atoms with van der Waals surface area (Å²) >= 11 is 0. The molecular weight excluding hydrogens is 335 g/mol. The Morgan fingerprint density at radius 3 is 2.48 bits per heavy atom. The molecule has 4 rings (SSSR count). The molecule has 4 heteroatoms. The van der Waals surface area contributed by atoms with Gasteiger partial charge >= 0.3 is 5.97 Å². The number of hydrogen-bond donors (Lipinski definition) is 2. The van der Waals surface area contributed by atoms with Crippen LogP contribution in [0.2, 0.25) is 5.82 Å². The third kappa shape index (κ3) is 3.00. The average Bonchev–Trinajstić information content (AvgIpc) is 2.95. The molecule has 0 heterocycles. The molecule has 4 saturated carbocycles. The number of aliphatic hydroxyl groups is 1. The lowest BCUT2D eigenvalue weighted by Gasteiger charge is -2.64. The minimum absolute atomic E-state index is 0.0649. The molecule has 0 bridgehead atoms. The number of aliphatic carboxylic acids is 1. The van der Waals surface area contributed by atoms with Crippen LogP contribution in [0, 0.1) is 40.4 Å². The molecule has 0 aliphatic heterocycles. The molecule has 4 aliphatic rings. The van der Waals surface area contributed by atoms with Gasteiger partial charge in [0.15, 0.2) is 0 Å². The number of fused-ring (bicyclic) bond motifs is 5. The lowest BCUT2D eigenvalue weighted by Crippen LogP contribution is -2.59. The van der Waals surface area contributed by atoms with Crippen LogP contribution in [0.15, 0.2) is 0 Å². The highest BCUT2D eigenvalue weighted by Crippen LogP contribution is 2.69. The summed E-state index contributed by atoms with van der Waals surface area (Å²) in [5, 5.41) is 20.3. The summed E-state index contributed by atoms with van der Waals surface area (Å²) in [6, 6.07) is 0. The Hall–Kier alpha value is -0.505. The van der Waals surface area contributed by atoms with Crippen molar-refractivity contribution in [3.8, 4) is 0 Å². The molecule has 0 aromatic carbocycles. The minimum Gasteiger partial charge on any atom is -0.481 e. The molecule has 0 spiro atoms. The molecular formula is C23H37BO3. The molecule has 0 saturated heterocycles. The smallest absolute Gasteiger partial charge is 0.303 e. The van der Waals surface area contributed by atoms with Gasteiger partial charge in [-0.3, -0.25) is 4.79 Å². The fourth-order valence-electron chi connectivity index (χ4n) is 8.50. The number of carboxylic acid groups (broad SMARTS) is 1. The van der Waals surface area contributed by atoms with Crippen molar-refractivity contribution >= 4 is 13.8 Å². The van der Waals surface area contributed by atoms with Gasteiger partial charge in [-0.05, 0) is 91.2 Å². The number of carboxylic acids is 1. The maximum atomic E-state index is 11.3. The van der Waals surface area contributed by atoms with Gasteiger partial charge in [0.1, 0.15) is 0 Å². The second-order valence-corrected chi connectivity index (χ2v) is 10.8. The summed E-state index contributed by atoms with van der Waals surface area (Å²) in [6.45, 7) is 4.93. The lowest BCUT2D eigenvalue weighted by atomic mass is 9.39. The Bertz CT molecular complexity index is 580. The van der Waals surface area contributed by atoms with Gasteiger partial charge in [-0.15, -0.1) is 0 Å². The molecule has 8 unspecified atom stereocenters. The first kappa shape index (κ1) is 19.8. The quantitative estimate of drug-likeness (QED) is 0.695. The predicted molar refractivity (Wildman–Crippen MR) is 108 cm³/mol. The van der Waals surface area contributed by atoms with Crippen LogP contribution in [0.5, 0.6) is 0 Å². The van der Waals surface area contributed by atoms with Crippen LogP contribution >= 0.6 is 0 Å². The second-order valence-electron chi connectivity index (χ2n) is 10.8. The predicted octanol–water partition coefficient (Wildman–Crippen LogP) is 4.83. The van der Waals surface area contributed by atoms with E-state index in [9.17, 15) is 9.90 Å². The Kier molecular flexibility index (Phi) is 5.19. The maximum absolute atomic E-state index is 11.3. The van der Waals surface area contributed by atoms with Crippen LogP contribution in [-0.4, -0.2) is 30.1 Å². The highest BCUT2D eigenvalue weighted by Gasteiger charge is 2.63. The fourth-order valence-corrected chi connectivity index (χ4v) is 8.50. The summed E-state index contributed by atoms with van der Waals surface area (Å²) in [7, 11) is 6.68. The zero-order valence-electron chi connectivity index (χ0n) is 17.2. The van der Waals surface area contributed by atoms with Crippen LogP contribution in [-0.2, 0) is 4.79 Å². The van der Waals surface area contributed by atoms with E-state index in [0.29, 0.717) is 35.0 Å². The monoisotopic (exact) mass is 372 g/mol. The average molecular weight is 372 g/mol. The number of aliphatic hydroxyl groups excluding tert-OH is 1. The SMILES string of the molecule is [B][C@@H]1C(O)C2C3CCC(CCCC(=O)O)C3(C)CCC2C2(C)CCCCC12. The van der Waals surface area contributed by atoms with Gasteiger partial charge in [-0.25, -0.2) is 0 Å². The van der Waals surface area contributed by atoms with E-state index >= 15 is 0 Å². The van der Waals surface area contributed by atoms with Crippen LogP contribution in [0.1, 0.15) is 84.5 Å². The Labute approximate surface area is 166 Å². The van der Waals surface area contributed by atoms with Gasteiger partial charge in [-0.2, -0.15) is 0 Å².